The second-order valence-corrected chi connectivity index (χ2v) is 5.02. The minimum atomic E-state index is 0.620. The lowest BCUT2D eigenvalue weighted by Crippen LogP contribution is -1.98. The smallest absolute Gasteiger partial charge is 0.162 e. The van der Waals surface area contributed by atoms with Crippen LogP contribution in [0.5, 0.6) is 0 Å². The van der Waals surface area contributed by atoms with Crippen molar-refractivity contribution in [2.75, 3.05) is 24.7 Å². The van der Waals surface area contributed by atoms with Crippen LogP contribution in [0.2, 0.25) is 0 Å². The van der Waals surface area contributed by atoms with Gasteiger partial charge in [-0.25, -0.2) is 4.98 Å². The monoisotopic (exact) mass is 292 g/mol. The van der Waals surface area contributed by atoms with Crippen LogP contribution in [0.15, 0.2) is 17.3 Å². The van der Waals surface area contributed by atoms with Gasteiger partial charge in [-0.2, -0.15) is 0 Å². The molecule has 2 N–H and O–H groups in total. The minimum absolute atomic E-state index is 0.620. The van der Waals surface area contributed by atoms with Crippen LogP contribution in [-0.2, 0) is 0 Å². The summed E-state index contributed by atoms with van der Waals surface area (Å²) in [6, 6.07) is 1.87. The predicted octanol–water partition coefficient (Wildman–Crippen LogP) is 3.64. The first-order valence-corrected chi connectivity index (χ1v) is 7.26. The van der Waals surface area contributed by atoms with E-state index in [0.717, 1.165) is 27.9 Å². The summed E-state index contributed by atoms with van der Waals surface area (Å²) in [5, 5.41) is 7.03. The molecule has 108 valence electrons. The average molecular weight is 292 g/mol. The van der Waals surface area contributed by atoms with Crippen molar-refractivity contribution in [2.24, 2.45) is 4.99 Å². The molecule has 0 radical (unpaired) electrons. The van der Waals surface area contributed by atoms with Crippen molar-refractivity contribution >= 4 is 45.6 Å². The number of carbonyl (C=O) groups is 1. The highest BCUT2D eigenvalue weighted by atomic mass is 32.1. The number of aliphatic imine (C=N–C) groups is 1. The number of nitrogens with one attached hydrogen (secondary N) is 2. The maximum absolute atomic E-state index is 11.0. The van der Waals surface area contributed by atoms with E-state index in [2.05, 4.69) is 34.5 Å². The molecule has 0 atom stereocenters. The van der Waals surface area contributed by atoms with E-state index in [1.54, 1.807) is 19.6 Å². The predicted molar refractivity (Wildman–Crippen MR) is 88.6 cm³/mol. The van der Waals surface area contributed by atoms with Crippen molar-refractivity contribution in [3.63, 3.8) is 0 Å². The molecule has 2 aromatic heterocycles. The van der Waals surface area contributed by atoms with E-state index in [-0.39, 0.29) is 0 Å². The summed E-state index contributed by atoms with van der Waals surface area (Å²) in [4.78, 5) is 20.6. The number of anilines is 2. The first-order valence-electron chi connectivity index (χ1n) is 6.44. The van der Waals surface area contributed by atoms with E-state index in [9.17, 15) is 4.79 Å². The number of aldehydes is 1. The summed E-state index contributed by atoms with van der Waals surface area (Å²) < 4.78 is 0. The Morgan fingerprint density at radius 3 is 2.70 bits per heavy atom. The number of thiophene rings is 1. The molecule has 0 spiro atoms. The third kappa shape index (κ3) is 3.54. The second kappa shape index (κ2) is 8.27. The van der Waals surface area contributed by atoms with Gasteiger partial charge in [0.25, 0.3) is 0 Å². The topological polar surface area (TPSA) is 66.4 Å². The standard InChI is InChI=1S/C11H12N4OS.C3H8/c1-12-6-15-10-8(5-16)17-11-9(10)7(13-2)3-4-14-11;1-3-2/h3-6H,1-2H3,(H,12,15)(H,13,14);3H2,1-2H3. The van der Waals surface area contributed by atoms with E-state index in [4.69, 9.17) is 0 Å². The second-order valence-electron chi connectivity index (χ2n) is 3.99. The van der Waals surface area contributed by atoms with Gasteiger partial charge in [-0.3, -0.25) is 9.79 Å². The molecule has 0 saturated carbocycles. The average Bonchev–Trinajstić information content (AvgIpc) is 2.83. The van der Waals surface area contributed by atoms with Gasteiger partial charge in [-0.05, 0) is 6.07 Å². The SMILES string of the molecule is CCC.CN=CNc1c(C=O)sc2nccc(NC)c12. The Kier molecular flexibility index (Phi) is 6.66. The zero-order valence-corrected chi connectivity index (χ0v) is 13.0. The lowest BCUT2D eigenvalue weighted by Gasteiger charge is -2.04. The fraction of sp³-hybridized carbons (Fsp3) is 0.357. The third-order valence-corrected chi connectivity index (χ3v) is 3.36. The molecule has 5 nitrogen and oxygen atoms in total. The van der Waals surface area contributed by atoms with Gasteiger partial charge in [0.1, 0.15) is 4.83 Å². The van der Waals surface area contributed by atoms with Crippen LogP contribution in [0.1, 0.15) is 29.9 Å². The highest BCUT2D eigenvalue weighted by Gasteiger charge is 2.14. The molecule has 0 saturated heterocycles. The van der Waals surface area contributed by atoms with Crippen LogP contribution < -0.4 is 10.6 Å². The first kappa shape index (κ1) is 16.1. The Morgan fingerprint density at radius 1 is 1.45 bits per heavy atom. The van der Waals surface area contributed by atoms with E-state index < -0.39 is 0 Å². The largest absolute Gasteiger partial charge is 0.387 e. The third-order valence-electron chi connectivity index (χ3n) is 2.33. The van der Waals surface area contributed by atoms with Gasteiger partial charge in [0, 0.05) is 26.0 Å². The molecule has 0 bridgehead atoms. The number of fused-ring (bicyclic) bond motifs is 1. The lowest BCUT2D eigenvalue weighted by atomic mass is 10.2. The Hall–Kier alpha value is -1.95. The number of hydrogen-bond acceptors (Lipinski definition) is 5. The molecule has 0 amide bonds. The van der Waals surface area contributed by atoms with Crippen LogP contribution >= 0.6 is 11.3 Å². The van der Waals surface area contributed by atoms with Gasteiger partial charge in [-0.1, -0.05) is 20.3 Å². The summed E-state index contributed by atoms with van der Waals surface area (Å²) in [5.74, 6) is 0. The molecule has 0 aliphatic carbocycles. The van der Waals surface area contributed by atoms with Crippen molar-refractivity contribution in [3.05, 3.63) is 17.1 Å². The Bertz CT molecular complexity index is 592. The Morgan fingerprint density at radius 2 is 2.15 bits per heavy atom. The highest BCUT2D eigenvalue weighted by molar-refractivity contribution is 7.21. The summed E-state index contributed by atoms with van der Waals surface area (Å²) in [5.41, 5.74) is 1.69. The fourth-order valence-corrected chi connectivity index (χ4v) is 2.55. The van der Waals surface area contributed by atoms with Gasteiger partial charge >= 0.3 is 0 Å². The van der Waals surface area contributed by atoms with Crippen LogP contribution in [-0.4, -0.2) is 31.7 Å². The molecule has 20 heavy (non-hydrogen) atoms. The van der Waals surface area contributed by atoms with Gasteiger partial charge in [0.15, 0.2) is 6.29 Å². The highest BCUT2D eigenvalue weighted by Crippen LogP contribution is 2.37. The summed E-state index contributed by atoms with van der Waals surface area (Å²) in [6.07, 6.45) is 5.36. The molecular formula is C14H20N4OS. The van der Waals surface area contributed by atoms with Crippen molar-refractivity contribution in [3.8, 4) is 0 Å². The van der Waals surface area contributed by atoms with Crippen LogP contribution in [0.25, 0.3) is 10.2 Å². The molecule has 0 unspecified atom stereocenters. The molecule has 0 aliphatic heterocycles. The van der Waals surface area contributed by atoms with Gasteiger partial charge < -0.3 is 10.6 Å². The number of pyridine rings is 1. The zero-order valence-electron chi connectivity index (χ0n) is 12.2. The van der Waals surface area contributed by atoms with Crippen molar-refractivity contribution in [2.45, 2.75) is 20.3 Å². The van der Waals surface area contributed by atoms with Crippen LogP contribution in [0.3, 0.4) is 0 Å². The van der Waals surface area contributed by atoms with Gasteiger partial charge in [0.2, 0.25) is 0 Å². The number of hydrogen-bond donors (Lipinski definition) is 2. The van der Waals surface area contributed by atoms with E-state index in [1.165, 1.54) is 17.8 Å². The number of rotatable bonds is 4. The Balaban J connectivity index is 0.000000612. The summed E-state index contributed by atoms with van der Waals surface area (Å²) >= 11 is 1.36. The fourth-order valence-electron chi connectivity index (χ4n) is 1.60. The van der Waals surface area contributed by atoms with Crippen molar-refractivity contribution in [1.29, 1.82) is 0 Å². The normalized spacial score (nSPS) is 10.2. The first-order chi connectivity index (χ1) is 9.73. The molecule has 2 rings (SSSR count). The van der Waals surface area contributed by atoms with E-state index >= 15 is 0 Å². The molecule has 0 aromatic carbocycles. The van der Waals surface area contributed by atoms with E-state index in [0.29, 0.717) is 4.88 Å². The summed E-state index contributed by atoms with van der Waals surface area (Å²) in [7, 11) is 3.50. The maximum Gasteiger partial charge on any atom is 0.162 e. The van der Waals surface area contributed by atoms with Crippen molar-refractivity contribution in [1.82, 2.24) is 4.98 Å². The molecule has 0 fully saturated rings. The minimum Gasteiger partial charge on any atom is -0.387 e. The number of nitrogens with zero attached hydrogens (tertiary/aromatic N) is 2. The molecule has 2 aromatic rings. The zero-order chi connectivity index (χ0) is 15.0. The molecule has 0 aliphatic rings. The van der Waals surface area contributed by atoms with Gasteiger partial charge in [0.05, 0.1) is 22.3 Å². The maximum atomic E-state index is 11.0. The number of aromatic nitrogens is 1. The molecule has 6 heteroatoms. The van der Waals surface area contributed by atoms with E-state index in [1.807, 2.05) is 13.1 Å². The quantitative estimate of drug-likeness (QED) is 0.513. The summed E-state index contributed by atoms with van der Waals surface area (Å²) in [6.45, 7) is 4.25. The number of carbonyl (C=O) groups excluding carboxylic acids is 1. The van der Waals surface area contributed by atoms with Crippen LogP contribution in [0.4, 0.5) is 11.4 Å². The van der Waals surface area contributed by atoms with Crippen LogP contribution in [0, 0.1) is 0 Å². The van der Waals surface area contributed by atoms with Gasteiger partial charge in [-0.15, -0.1) is 11.3 Å². The lowest BCUT2D eigenvalue weighted by molar-refractivity contribution is 0.112. The molecular weight excluding hydrogens is 272 g/mol. The van der Waals surface area contributed by atoms with Crippen molar-refractivity contribution < 1.29 is 4.79 Å². The Labute approximate surface area is 123 Å². The molecule has 2 heterocycles.